The zero-order valence-electron chi connectivity index (χ0n) is 14.6. The molecule has 0 unspecified atom stereocenters. The Morgan fingerprint density at radius 2 is 2.04 bits per heavy atom. The van der Waals surface area contributed by atoms with Crippen LogP contribution in [0.2, 0.25) is 0 Å². The van der Waals surface area contributed by atoms with Gasteiger partial charge in [0.15, 0.2) is 0 Å². The quantitative estimate of drug-likeness (QED) is 0.910. The first-order valence-corrected chi connectivity index (χ1v) is 8.36. The topological polar surface area (TPSA) is 42.3 Å². The Labute approximate surface area is 142 Å². The molecule has 2 heterocycles. The number of rotatable bonds is 5. The third kappa shape index (κ3) is 3.83. The van der Waals surface area contributed by atoms with Crippen LogP contribution in [-0.2, 0) is 11.3 Å². The first-order chi connectivity index (χ1) is 11.5. The summed E-state index contributed by atoms with van der Waals surface area (Å²) in [6.45, 7) is 8.38. The Hall–Kier alpha value is -1.76. The van der Waals surface area contributed by atoms with E-state index in [-0.39, 0.29) is 11.9 Å². The summed E-state index contributed by atoms with van der Waals surface area (Å²) in [4.78, 5) is 2.29. The standard InChI is InChI=1S/C18H25FN4O/c1-13-18(11-20-10-17-12-22(3)8-9-24-17)14(2)23(21-13)16-6-4-15(19)5-7-16/h4-7,17,20H,8-12H2,1-3H3/t17-/m1/s1. The van der Waals surface area contributed by atoms with Crippen LogP contribution in [0.1, 0.15) is 17.0 Å². The summed E-state index contributed by atoms with van der Waals surface area (Å²) in [6.07, 6.45) is 0.233. The monoisotopic (exact) mass is 332 g/mol. The van der Waals surface area contributed by atoms with Gasteiger partial charge >= 0.3 is 0 Å². The van der Waals surface area contributed by atoms with Crippen molar-refractivity contribution < 1.29 is 9.13 Å². The number of nitrogens with zero attached hydrogens (tertiary/aromatic N) is 3. The Bertz CT molecular complexity index is 683. The van der Waals surface area contributed by atoms with E-state index in [2.05, 4.69) is 22.4 Å². The normalized spacial score (nSPS) is 18.9. The summed E-state index contributed by atoms with van der Waals surface area (Å²) in [7, 11) is 2.12. The second kappa shape index (κ2) is 7.42. The van der Waals surface area contributed by atoms with Gasteiger partial charge in [0, 0.05) is 37.4 Å². The highest BCUT2D eigenvalue weighted by Crippen LogP contribution is 2.18. The van der Waals surface area contributed by atoms with Crippen molar-refractivity contribution in [2.24, 2.45) is 0 Å². The van der Waals surface area contributed by atoms with Crippen LogP contribution in [0.25, 0.3) is 5.69 Å². The molecule has 0 amide bonds. The van der Waals surface area contributed by atoms with Crippen molar-refractivity contribution in [2.75, 3.05) is 33.3 Å². The van der Waals surface area contributed by atoms with Crippen molar-refractivity contribution in [3.05, 3.63) is 47.0 Å². The van der Waals surface area contributed by atoms with Crippen molar-refractivity contribution >= 4 is 0 Å². The van der Waals surface area contributed by atoms with Gasteiger partial charge in [-0.05, 0) is 45.2 Å². The summed E-state index contributed by atoms with van der Waals surface area (Å²) >= 11 is 0. The third-order valence-electron chi connectivity index (χ3n) is 4.53. The average Bonchev–Trinajstić information content (AvgIpc) is 2.84. The molecule has 24 heavy (non-hydrogen) atoms. The lowest BCUT2D eigenvalue weighted by molar-refractivity contribution is -0.0182. The molecule has 1 saturated heterocycles. The number of hydrogen-bond acceptors (Lipinski definition) is 4. The molecule has 1 aliphatic heterocycles. The zero-order chi connectivity index (χ0) is 17.1. The highest BCUT2D eigenvalue weighted by atomic mass is 19.1. The minimum absolute atomic E-state index is 0.233. The number of morpholine rings is 1. The predicted molar refractivity (Wildman–Crippen MR) is 91.9 cm³/mol. The second-order valence-electron chi connectivity index (χ2n) is 6.42. The van der Waals surface area contributed by atoms with E-state index in [1.165, 1.54) is 17.7 Å². The van der Waals surface area contributed by atoms with Crippen molar-refractivity contribution in [2.45, 2.75) is 26.5 Å². The first-order valence-electron chi connectivity index (χ1n) is 8.36. The molecule has 1 N–H and O–H groups in total. The summed E-state index contributed by atoms with van der Waals surface area (Å²) < 4.78 is 20.7. The summed E-state index contributed by atoms with van der Waals surface area (Å²) in [5.74, 6) is -0.236. The maximum atomic E-state index is 13.1. The van der Waals surface area contributed by atoms with Gasteiger partial charge in [0.25, 0.3) is 0 Å². The summed E-state index contributed by atoms with van der Waals surface area (Å²) in [5.41, 5.74) is 4.13. The first kappa shape index (κ1) is 17.1. The van der Waals surface area contributed by atoms with Gasteiger partial charge in [-0.3, -0.25) is 0 Å². The number of aromatic nitrogens is 2. The van der Waals surface area contributed by atoms with Crippen LogP contribution < -0.4 is 5.32 Å². The van der Waals surface area contributed by atoms with E-state index < -0.39 is 0 Å². The van der Waals surface area contributed by atoms with Crippen molar-refractivity contribution in [3.8, 4) is 5.69 Å². The molecule has 0 spiro atoms. The van der Waals surface area contributed by atoms with E-state index in [0.29, 0.717) is 0 Å². The Balaban J connectivity index is 1.65. The lowest BCUT2D eigenvalue weighted by Crippen LogP contribution is -2.44. The fourth-order valence-electron chi connectivity index (χ4n) is 3.11. The van der Waals surface area contributed by atoms with Gasteiger partial charge in [0.05, 0.1) is 24.1 Å². The fourth-order valence-corrected chi connectivity index (χ4v) is 3.11. The Morgan fingerprint density at radius 3 is 2.75 bits per heavy atom. The Morgan fingerprint density at radius 1 is 1.29 bits per heavy atom. The third-order valence-corrected chi connectivity index (χ3v) is 4.53. The number of aryl methyl sites for hydroxylation is 1. The molecule has 1 aliphatic rings. The molecule has 1 aromatic heterocycles. The SMILES string of the molecule is Cc1nn(-c2ccc(F)cc2)c(C)c1CNC[C@@H]1CN(C)CCO1. The minimum atomic E-state index is -0.236. The van der Waals surface area contributed by atoms with Gasteiger partial charge in [-0.2, -0.15) is 5.10 Å². The van der Waals surface area contributed by atoms with E-state index in [0.717, 1.165) is 49.9 Å². The molecule has 1 fully saturated rings. The summed E-state index contributed by atoms with van der Waals surface area (Å²) in [6, 6.07) is 6.41. The van der Waals surface area contributed by atoms with E-state index in [9.17, 15) is 4.39 Å². The fraction of sp³-hybridized carbons (Fsp3) is 0.500. The minimum Gasteiger partial charge on any atom is -0.374 e. The van der Waals surface area contributed by atoms with E-state index >= 15 is 0 Å². The molecule has 2 aromatic rings. The molecule has 0 radical (unpaired) electrons. The zero-order valence-corrected chi connectivity index (χ0v) is 14.6. The number of benzene rings is 1. The predicted octanol–water partition coefficient (Wildman–Crippen LogP) is 2.05. The molecular formula is C18H25FN4O. The van der Waals surface area contributed by atoms with Crippen LogP contribution in [0.4, 0.5) is 4.39 Å². The maximum absolute atomic E-state index is 13.1. The molecule has 3 rings (SSSR count). The van der Waals surface area contributed by atoms with Crippen LogP contribution in [-0.4, -0.2) is 54.1 Å². The van der Waals surface area contributed by atoms with Gasteiger partial charge in [-0.1, -0.05) is 0 Å². The van der Waals surface area contributed by atoms with E-state index in [1.807, 2.05) is 18.5 Å². The van der Waals surface area contributed by atoms with Crippen molar-refractivity contribution in [3.63, 3.8) is 0 Å². The number of nitrogens with one attached hydrogen (secondary N) is 1. The number of halogens is 1. The lowest BCUT2D eigenvalue weighted by atomic mass is 10.2. The van der Waals surface area contributed by atoms with Crippen LogP contribution in [0.3, 0.4) is 0 Å². The van der Waals surface area contributed by atoms with Crippen LogP contribution in [0, 0.1) is 19.7 Å². The lowest BCUT2D eigenvalue weighted by Gasteiger charge is -2.30. The molecule has 130 valence electrons. The largest absolute Gasteiger partial charge is 0.374 e. The molecule has 0 saturated carbocycles. The maximum Gasteiger partial charge on any atom is 0.123 e. The summed E-state index contributed by atoms with van der Waals surface area (Å²) in [5, 5.41) is 8.08. The molecule has 1 atom stereocenters. The van der Waals surface area contributed by atoms with Gasteiger partial charge < -0.3 is 15.0 Å². The number of ether oxygens (including phenoxy) is 1. The molecule has 6 heteroatoms. The molecule has 0 bridgehead atoms. The van der Waals surface area contributed by atoms with Crippen molar-refractivity contribution in [1.82, 2.24) is 20.0 Å². The highest BCUT2D eigenvalue weighted by Gasteiger charge is 2.18. The smallest absolute Gasteiger partial charge is 0.123 e. The highest BCUT2D eigenvalue weighted by molar-refractivity contribution is 5.37. The van der Waals surface area contributed by atoms with Gasteiger partial charge in [-0.25, -0.2) is 9.07 Å². The molecule has 1 aromatic carbocycles. The van der Waals surface area contributed by atoms with Crippen LogP contribution >= 0.6 is 0 Å². The van der Waals surface area contributed by atoms with E-state index in [4.69, 9.17) is 4.74 Å². The second-order valence-corrected chi connectivity index (χ2v) is 6.42. The Kier molecular flexibility index (Phi) is 5.28. The van der Waals surface area contributed by atoms with E-state index in [1.54, 1.807) is 12.1 Å². The van der Waals surface area contributed by atoms with Gasteiger partial charge in [0.1, 0.15) is 5.82 Å². The average molecular weight is 332 g/mol. The number of likely N-dealkylation sites (N-methyl/N-ethyl adjacent to an activating group) is 1. The molecule has 0 aliphatic carbocycles. The number of hydrogen-bond donors (Lipinski definition) is 1. The van der Waals surface area contributed by atoms with Crippen LogP contribution in [0.5, 0.6) is 0 Å². The van der Waals surface area contributed by atoms with Crippen molar-refractivity contribution in [1.29, 1.82) is 0 Å². The molecule has 5 nitrogen and oxygen atoms in total. The van der Waals surface area contributed by atoms with Crippen LogP contribution in [0.15, 0.2) is 24.3 Å². The molecular weight excluding hydrogens is 307 g/mol. The van der Waals surface area contributed by atoms with Gasteiger partial charge in [-0.15, -0.1) is 0 Å². The van der Waals surface area contributed by atoms with Gasteiger partial charge in [0.2, 0.25) is 0 Å².